The molecule has 190 valence electrons. The molecule has 0 spiro atoms. The molecule has 1 amide bonds. The molecule has 3 heterocycles. The summed E-state index contributed by atoms with van der Waals surface area (Å²) < 4.78 is 37.1. The first-order chi connectivity index (χ1) is 16.1. The van der Waals surface area contributed by atoms with Crippen LogP contribution in [0.25, 0.3) is 0 Å². The summed E-state index contributed by atoms with van der Waals surface area (Å²) in [4.78, 5) is 26.6. The molecule has 0 saturated carbocycles. The highest BCUT2D eigenvalue weighted by Gasteiger charge is 2.38. The van der Waals surface area contributed by atoms with Gasteiger partial charge in [-0.15, -0.1) is 0 Å². The van der Waals surface area contributed by atoms with Gasteiger partial charge in [-0.25, -0.2) is 4.79 Å². The van der Waals surface area contributed by atoms with E-state index >= 15 is 0 Å². The molecule has 1 aromatic rings. The number of carbonyl (C=O) groups excluding carboxylic acids is 1. The van der Waals surface area contributed by atoms with Crippen LogP contribution in [0.15, 0.2) is 18.2 Å². The maximum atomic E-state index is 12.5. The van der Waals surface area contributed by atoms with Crippen molar-refractivity contribution in [3.63, 3.8) is 0 Å². The smallest absolute Gasteiger partial charge is 0.475 e. The van der Waals surface area contributed by atoms with E-state index in [0.29, 0.717) is 19.3 Å². The minimum atomic E-state index is -5.08. The average molecular weight is 486 g/mol. The van der Waals surface area contributed by atoms with Gasteiger partial charge >= 0.3 is 12.1 Å². The van der Waals surface area contributed by atoms with Gasteiger partial charge < -0.3 is 20.1 Å². The van der Waals surface area contributed by atoms with E-state index in [1.807, 2.05) is 0 Å². The third-order valence-electron chi connectivity index (χ3n) is 6.88. The van der Waals surface area contributed by atoms with Gasteiger partial charge in [-0.05, 0) is 76.3 Å². The van der Waals surface area contributed by atoms with Crippen molar-refractivity contribution in [3.8, 4) is 0 Å². The molecule has 2 atom stereocenters. The normalized spacial score (nSPS) is 24.0. The molecule has 1 aromatic carbocycles. The third kappa shape index (κ3) is 6.85. The highest BCUT2D eigenvalue weighted by atomic mass is 19.4. The fraction of sp³-hybridized carbons (Fsp3) is 0.667. The zero-order chi connectivity index (χ0) is 24.9. The second-order valence-electron chi connectivity index (χ2n) is 9.30. The number of likely N-dealkylation sites (tertiary alicyclic amines) is 1. The van der Waals surface area contributed by atoms with Crippen LogP contribution in [0.5, 0.6) is 0 Å². The highest BCUT2D eigenvalue weighted by molar-refractivity contribution is 5.93. The van der Waals surface area contributed by atoms with Crippen molar-refractivity contribution in [1.29, 1.82) is 0 Å². The molecule has 10 heteroatoms. The molecule has 3 aliphatic rings. The van der Waals surface area contributed by atoms with Crippen LogP contribution in [0.2, 0.25) is 0 Å². The molecule has 3 fully saturated rings. The highest BCUT2D eigenvalue weighted by Crippen LogP contribution is 2.31. The van der Waals surface area contributed by atoms with Crippen molar-refractivity contribution in [3.05, 3.63) is 23.8 Å². The quantitative estimate of drug-likeness (QED) is 0.670. The molecule has 3 saturated heterocycles. The molecule has 2 unspecified atom stereocenters. The molecular formula is C24H34F3N3O4. The van der Waals surface area contributed by atoms with E-state index in [0.717, 1.165) is 37.7 Å². The number of anilines is 2. The predicted octanol–water partition coefficient (Wildman–Crippen LogP) is 4.06. The fourth-order valence-corrected chi connectivity index (χ4v) is 5.02. The van der Waals surface area contributed by atoms with Gasteiger partial charge in [0.25, 0.3) is 0 Å². The van der Waals surface area contributed by atoms with Crippen LogP contribution in [0.4, 0.5) is 24.5 Å². The van der Waals surface area contributed by atoms with Gasteiger partial charge in [0.1, 0.15) is 0 Å². The van der Waals surface area contributed by atoms with E-state index < -0.39 is 12.1 Å². The van der Waals surface area contributed by atoms with Crippen molar-refractivity contribution in [1.82, 2.24) is 4.90 Å². The topological polar surface area (TPSA) is 82.1 Å². The summed E-state index contributed by atoms with van der Waals surface area (Å²) in [5.41, 5.74) is 3.47. The van der Waals surface area contributed by atoms with Crippen LogP contribution in [0, 0.1) is 12.8 Å². The van der Waals surface area contributed by atoms with Gasteiger partial charge in [0, 0.05) is 55.7 Å². The van der Waals surface area contributed by atoms with E-state index in [1.165, 1.54) is 37.1 Å². The van der Waals surface area contributed by atoms with Crippen molar-refractivity contribution < 1.29 is 32.6 Å². The van der Waals surface area contributed by atoms with Crippen LogP contribution in [0.3, 0.4) is 0 Å². The number of nitrogens with one attached hydrogen (secondary N) is 1. The molecule has 3 aliphatic heterocycles. The number of carbonyl (C=O) groups is 2. The van der Waals surface area contributed by atoms with Gasteiger partial charge in [0.15, 0.2) is 0 Å². The number of hydrogen-bond donors (Lipinski definition) is 2. The number of rotatable bonds is 4. The minimum absolute atomic E-state index is 0.0838. The molecule has 0 aromatic heterocycles. The van der Waals surface area contributed by atoms with Crippen molar-refractivity contribution in [2.45, 2.75) is 64.2 Å². The lowest BCUT2D eigenvalue weighted by atomic mass is 9.99. The molecule has 0 bridgehead atoms. The van der Waals surface area contributed by atoms with Crippen molar-refractivity contribution in [2.75, 3.05) is 43.1 Å². The van der Waals surface area contributed by atoms with Gasteiger partial charge in [-0.2, -0.15) is 13.2 Å². The monoisotopic (exact) mass is 485 g/mol. The van der Waals surface area contributed by atoms with Gasteiger partial charge in [-0.3, -0.25) is 9.69 Å². The number of benzene rings is 1. The SMILES string of the molecule is Cc1cc(NC(=O)C2CCOCC2)ccc1N1CCC(N2CCCC2C)C1.O=C(O)C(F)(F)F. The zero-order valence-corrected chi connectivity index (χ0v) is 19.7. The summed E-state index contributed by atoms with van der Waals surface area (Å²) in [5, 5.41) is 10.2. The standard InChI is InChI=1S/C22H33N3O2.C2HF3O2/c1-16-14-19(23-22(26)18-8-12-27-13-9-18)5-6-21(16)24-11-7-20(15-24)25-10-3-4-17(25)2;3-2(4,5)1(6)7/h5-6,14,17-18,20H,3-4,7-13,15H2,1-2H3,(H,23,26);(H,6,7). The predicted molar refractivity (Wildman–Crippen MR) is 123 cm³/mol. The molecule has 34 heavy (non-hydrogen) atoms. The van der Waals surface area contributed by atoms with Gasteiger partial charge in [-0.1, -0.05) is 0 Å². The van der Waals surface area contributed by atoms with E-state index in [2.05, 4.69) is 47.2 Å². The Bertz CT molecular complexity index is 858. The Kier molecular flexibility index (Phi) is 8.81. The Hall–Kier alpha value is -2.33. The molecule has 2 N–H and O–H groups in total. The van der Waals surface area contributed by atoms with Crippen molar-refractivity contribution in [2.24, 2.45) is 5.92 Å². The number of alkyl halides is 3. The van der Waals surface area contributed by atoms with Gasteiger partial charge in [0.05, 0.1) is 0 Å². The van der Waals surface area contributed by atoms with Crippen LogP contribution >= 0.6 is 0 Å². The van der Waals surface area contributed by atoms with E-state index in [9.17, 15) is 18.0 Å². The molecule has 0 aliphatic carbocycles. The number of aryl methyl sites for hydroxylation is 1. The largest absolute Gasteiger partial charge is 0.490 e. The second kappa shape index (κ2) is 11.4. The number of nitrogens with zero attached hydrogens (tertiary/aromatic N) is 2. The number of hydrogen-bond acceptors (Lipinski definition) is 5. The fourth-order valence-electron chi connectivity index (χ4n) is 5.02. The Balaban J connectivity index is 0.000000406. The number of carboxylic acids is 1. The first-order valence-corrected chi connectivity index (χ1v) is 11.9. The number of halogens is 3. The average Bonchev–Trinajstić information content (AvgIpc) is 3.43. The van der Waals surface area contributed by atoms with Crippen LogP contribution in [-0.4, -0.2) is 73.0 Å². The zero-order valence-electron chi connectivity index (χ0n) is 19.7. The Labute approximate surface area is 198 Å². The number of amides is 1. The summed E-state index contributed by atoms with van der Waals surface area (Å²) in [6, 6.07) is 7.79. The van der Waals surface area contributed by atoms with E-state index in [4.69, 9.17) is 14.6 Å². The van der Waals surface area contributed by atoms with Gasteiger partial charge in [0.2, 0.25) is 5.91 Å². The minimum Gasteiger partial charge on any atom is -0.475 e. The lowest BCUT2D eigenvalue weighted by Crippen LogP contribution is -2.39. The molecular weight excluding hydrogens is 451 g/mol. The summed E-state index contributed by atoms with van der Waals surface area (Å²) in [5.74, 6) is -2.54. The van der Waals surface area contributed by atoms with Crippen LogP contribution in [0.1, 0.15) is 44.6 Å². The Morgan fingerprint density at radius 1 is 1.12 bits per heavy atom. The molecule has 7 nitrogen and oxygen atoms in total. The van der Waals surface area contributed by atoms with E-state index in [-0.39, 0.29) is 11.8 Å². The lowest BCUT2D eigenvalue weighted by molar-refractivity contribution is -0.192. The summed E-state index contributed by atoms with van der Waals surface area (Å²) >= 11 is 0. The number of carboxylic acid groups (broad SMARTS) is 1. The summed E-state index contributed by atoms with van der Waals surface area (Å²) in [6.45, 7) is 9.43. The second-order valence-corrected chi connectivity index (χ2v) is 9.30. The van der Waals surface area contributed by atoms with E-state index in [1.54, 1.807) is 0 Å². The maximum absolute atomic E-state index is 12.5. The molecule has 4 rings (SSSR count). The first kappa shape index (κ1) is 26.3. The Morgan fingerprint density at radius 3 is 2.35 bits per heavy atom. The lowest BCUT2D eigenvalue weighted by Gasteiger charge is -2.29. The summed E-state index contributed by atoms with van der Waals surface area (Å²) in [7, 11) is 0. The number of ether oxygens (including phenoxy) is 1. The number of aliphatic carboxylic acids is 1. The molecule has 0 radical (unpaired) electrons. The summed E-state index contributed by atoms with van der Waals surface area (Å²) in [6.07, 6.45) is 0.515. The third-order valence-corrected chi connectivity index (χ3v) is 6.88. The van der Waals surface area contributed by atoms with Crippen LogP contribution in [-0.2, 0) is 14.3 Å². The van der Waals surface area contributed by atoms with Crippen molar-refractivity contribution >= 4 is 23.3 Å². The Morgan fingerprint density at radius 2 is 1.79 bits per heavy atom. The maximum Gasteiger partial charge on any atom is 0.490 e. The first-order valence-electron chi connectivity index (χ1n) is 11.9. The van der Waals surface area contributed by atoms with Crippen LogP contribution < -0.4 is 10.2 Å².